The molecule has 0 aliphatic rings. The maximum Gasteiger partial charge on any atom is 0.212 e. The molecule has 0 bridgehead atoms. The van der Waals surface area contributed by atoms with Gasteiger partial charge in [0.25, 0.3) is 0 Å². The van der Waals surface area contributed by atoms with E-state index < -0.39 is 0 Å². The van der Waals surface area contributed by atoms with Gasteiger partial charge >= 0.3 is 0 Å². The Morgan fingerprint density at radius 2 is 1.86 bits per heavy atom. The number of nitrogens with zero attached hydrogens (tertiary/aromatic N) is 4. The molecule has 6 heteroatoms. The smallest absolute Gasteiger partial charge is 0.212 e. The van der Waals surface area contributed by atoms with Gasteiger partial charge in [-0.2, -0.15) is 9.78 Å². The number of phenols is 1. The first-order valence-corrected chi connectivity index (χ1v) is 7.70. The van der Waals surface area contributed by atoms with Gasteiger partial charge in [-0.3, -0.25) is 0 Å². The molecule has 3 rings (SSSR count). The summed E-state index contributed by atoms with van der Waals surface area (Å²) in [5.41, 5.74) is 1.86. The van der Waals surface area contributed by atoms with Crippen LogP contribution in [0.3, 0.4) is 0 Å². The Bertz CT molecular complexity index is 771. The SMILES string of the molecule is Oc1ccccc1/C=N\n1cnnc1SCc1ccccc1. The summed E-state index contributed by atoms with van der Waals surface area (Å²) in [4.78, 5) is 0. The Morgan fingerprint density at radius 3 is 2.68 bits per heavy atom. The Hall–Kier alpha value is -2.60. The maximum atomic E-state index is 9.72. The van der Waals surface area contributed by atoms with Crippen molar-refractivity contribution >= 4 is 18.0 Å². The van der Waals surface area contributed by atoms with Crippen LogP contribution in [0.15, 0.2) is 71.2 Å². The standard InChI is InChI=1S/C16H14N4OS/c21-15-9-5-4-8-14(15)10-18-20-12-17-19-16(20)22-11-13-6-2-1-3-7-13/h1-10,12,21H,11H2/b18-10-. The molecule has 1 N–H and O–H groups in total. The molecule has 3 aromatic rings. The predicted molar refractivity (Wildman–Crippen MR) is 87.1 cm³/mol. The van der Waals surface area contributed by atoms with Gasteiger partial charge in [-0.25, -0.2) is 0 Å². The van der Waals surface area contributed by atoms with E-state index in [2.05, 4.69) is 27.4 Å². The minimum absolute atomic E-state index is 0.192. The lowest BCUT2D eigenvalue weighted by Gasteiger charge is -2.01. The number of phenolic OH excluding ortho intramolecular Hbond substituents is 1. The summed E-state index contributed by atoms with van der Waals surface area (Å²) < 4.78 is 1.60. The molecule has 22 heavy (non-hydrogen) atoms. The van der Waals surface area contributed by atoms with Crippen molar-refractivity contribution in [2.75, 3.05) is 0 Å². The zero-order chi connectivity index (χ0) is 15.2. The van der Waals surface area contributed by atoms with Gasteiger partial charge in [-0.15, -0.1) is 10.2 Å². The van der Waals surface area contributed by atoms with Crippen LogP contribution in [0.2, 0.25) is 0 Å². The topological polar surface area (TPSA) is 63.3 Å². The minimum Gasteiger partial charge on any atom is -0.507 e. The largest absolute Gasteiger partial charge is 0.507 e. The summed E-state index contributed by atoms with van der Waals surface area (Å²) in [7, 11) is 0. The van der Waals surface area contributed by atoms with Crippen LogP contribution >= 0.6 is 11.8 Å². The van der Waals surface area contributed by atoms with Crippen LogP contribution in [-0.4, -0.2) is 26.2 Å². The second-order valence-corrected chi connectivity index (χ2v) is 5.48. The van der Waals surface area contributed by atoms with E-state index in [1.807, 2.05) is 24.3 Å². The second kappa shape index (κ2) is 6.91. The number of rotatable bonds is 5. The molecule has 0 amide bonds. The molecule has 1 heterocycles. The third kappa shape index (κ3) is 3.53. The van der Waals surface area contributed by atoms with E-state index in [0.717, 1.165) is 5.75 Å². The Morgan fingerprint density at radius 1 is 1.09 bits per heavy atom. The summed E-state index contributed by atoms with van der Waals surface area (Å²) in [5.74, 6) is 0.990. The average molecular weight is 310 g/mol. The fourth-order valence-corrected chi connectivity index (χ4v) is 2.66. The van der Waals surface area contributed by atoms with Crippen molar-refractivity contribution in [2.45, 2.75) is 10.9 Å². The van der Waals surface area contributed by atoms with Crippen LogP contribution < -0.4 is 0 Å². The maximum absolute atomic E-state index is 9.72. The van der Waals surface area contributed by atoms with E-state index in [1.165, 1.54) is 5.56 Å². The van der Waals surface area contributed by atoms with Gasteiger partial charge in [-0.05, 0) is 17.7 Å². The normalized spacial score (nSPS) is 11.1. The fraction of sp³-hybridized carbons (Fsp3) is 0.0625. The number of aromatic nitrogens is 3. The van der Waals surface area contributed by atoms with E-state index in [-0.39, 0.29) is 5.75 Å². The Balaban J connectivity index is 1.71. The minimum atomic E-state index is 0.192. The number of hydrogen-bond donors (Lipinski definition) is 1. The summed E-state index contributed by atoms with van der Waals surface area (Å²) in [5, 5.41) is 22.7. The molecular weight excluding hydrogens is 296 g/mol. The van der Waals surface area contributed by atoms with E-state index in [1.54, 1.807) is 47.2 Å². The van der Waals surface area contributed by atoms with Gasteiger partial charge < -0.3 is 5.11 Å². The highest BCUT2D eigenvalue weighted by molar-refractivity contribution is 7.98. The van der Waals surface area contributed by atoms with Crippen molar-refractivity contribution in [1.29, 1.82) is 0 Å². The van der Waals surface area contributed by atoms with Crippen LogP contribution in [0.25, 0.3) is 0 Å². The first kappa shape index (κ1) is 14.3. The van der Waals surface area contributed by atoms with Gasteiger partial charge in [0, 0.05) is 11.3 Å². The highest BCUT2D eigenvalue weighted by Crippen LogP contribution is 2.20. The van der Waals surface area contributed by atoms with E-state index in [4.69, 9.17) is 0 Å². The zero-order valence-corrected chi connectivity index (χ0v) is 12.5. The second-order valence-electron chi connectivity index (χ2n) is 4.54. The Labute approximate surface area is 132 Å². The number of hydrogen-bond acceptors (Lipinski definition) is 5. The first-order valence-electron chi connectivity index (χ1n) is 6.72. The summed E-state index contributed by atoms with van der Waals surface area (Å²) in [6, 6.07) is 17.2. The van der Waals surface area contributed by atoms with Crippen molar-refractivity contribution in [3.8, 4) is 5.75 Å². The molecule has 0 saturated heterocycles. The van der Waals surface area contributed by atoms with Crippen LogP contribution in [0.5, 0.6) is 5.75 Å². The predicted octanol–water partition coefficient (Wildman–Crippen LogP) is 3.16. The van der Waals surface area contributed by atoms with Crippen molar-refractivity contribution < 1.29 is 5.11 Å². The molecule has 0 unspecified atom stereocenters. The highest BCUT2D eigenvalue weighted by Gasteiger charge is 2.04. The van der Waals surface area contributed by atoms with E-state index in [9.17, 15) is 5.11 Å². The van der Waals surface area contributed by atoms with Gasteiger partial charge in [0.05, 0.1) is 6.21 Å². The molecule has 0 radical (unpaired) electrons. The van der Waals surface area contributed by atoms with Gasteiger partial charge in [0.2, 0.25) is 5.16 Å². The number of thioether (sulfide) groups is 1. The van der Waals surface area contributed by atoms with Crippen LogP contribution in [0.1, 0.15) is 11.1 Å². The molecule has 5 nitrogen and oxygen atoms in total. The molecule has 2 aromatic carbocycles. The fourth-order valence-electron chi connectivity index (χ4n) is 1.84. The number of aromatic hydroxyl groups is 1. The van der Waals surface area contributed by atoms with E-state index in [0.29, 0.717) is 10.7 Å². The molecule has 0 atom stereocenters. The molecule has 0 spiro atoms. The molecule has 0 aliphatic carbocycles. The lowest BCUT2D eigenvalue weighted by atomic mass is 10.2. The first-order chi connectivity index (χ1) is 10.8. The average Bonchev–Trinajstić information content (AvgIpc) is 3.01. The zero-order valence-electron chi connectivity index (χ0n) is 11.7. The van der Waals surface area contributed by atoms with Crippen molar-refractivity contribution in [3.05, 3.63) is 72.1 Å². The summed E-state index contributed by atoms with van der Waals surface area (Å²) in [6.45, 7) is 0. The van der Waals surface area contributed by atoms with Crippen molar-refractivity contribution in [1.82, 2.24) is 14.9 Å². The van der Waals surface area contributed by atoms with Crippen LogP contribution in [0.4, 0.5) is 0 Å². The molecular formula is C16H14N4OS. The van der Waals surface area contributed by atoms with Crippen LogP contribution in [-0.2, 0) is 5.75 Å². The third-order valence-electron chi connectivity index (χ3n) is 2.97. The molecule has 1 aromatic heterocycles. The van der Waals surface area contributed by atoms with Gasteiger partial charge in [-0.1, -0.05) is 54.2 Å². The monoisotopic (exact) mass is 310 g/mol. The Kier molecular flexibility index (Phi) is 4.50. The molecule has 0 fully saturated rings. The van der Waals surface area contributed by atoms with Crippen molar-refractivity contribution in [2.24, 2.45) is 5.10 Å². The van der Waals surface area contributed by atoms with Gasteiger partial charge in [0.15, 0.2) is 0 Å². The van der Waals surface area contributed by atoms with Crippen molar-refractivity contribution in [3.63, 3.8) is 0 Å². The van der Waals surface area contributed by atoms with E-state index >= 15 is 0 Å². The lowest BCUT2D eigenvalue weighted by molar-refractivity contribution is 0.474. The highest BCUT2D eigenvalue weighted by atomic mass is 32.2. The van der Waals surface area contributed by atoms with Gasteiger partial charge in [0.1, 0.15) is 12.1 Å². The molecule has 110 valence electrons. The molecule has 0 aliphatic heterocycles. The quantitative estimate of drug-likeness (QED) is 0.581. The number of benzene rings is 2. The molecule has 0 saturated carbocycles. The lowest BCUT2D eigenvalue weighted by Crippen LogP contribution is -1.93. The third-order valence-corrected chi connectivity index (χ3v) is 3.97. The number of para-hydroxylation sites is 1. The summed E-state index contributed by atoms with van der Waals surface area (Å²) in [6.07, 6.45) is 3.13. The summed E-state index contributed by atoms with van der Waals surface area (Å²) >= 11 is 1.56. The van der Waals surface area contributed by atoms with Crippen LogP contribution in [0, 0.1) is 0 Å².